The van der Waals surface area contributed by atoms with Gasteiger partial charge in [0.2, 0.25) is 0 Å². The number of halogens is 1. The monoisotopic (exact) mass is 364 g/mol. The van der Waals surface area contributed by atoms with Crippen LogP contribution in [0.15, 0.2) is 59.8 Å². The molecule has 0 N–H and O–H groups in total. The number of rotatable bonds is 3. The van der Waals surface area contributed by atoms with Crippen LogP contribution in [-0.2, 0) is 6.54 Å². The lowest BCUT2D eigenvalue weighted by Crippen LogP contribution is -2.21. The number of nitrogens with zero attached hydrogens (tertiary/aromatic N) is 4. The van der Waals surface area contributed by atoms with E-state index in [0.717, 1.165) is 16.8 Å². The Morgan fingerprint density at radius 1 is 1.12 bits per heavy atom. The molecule has 6 heteroatoms. The Morgan fingerprint density at radius 3 is 2.77 bits per heavy atom. The number of hydrogen-bond acceptors (Lipinski definition) is 3. The third-order valence-electron chi connectivity index (χ3n) is 4.45. The quantitative estimate of drug-likeness (QED) is 0.554. The van der Waals surface area contributed by atoms with Gasteiger partial charge in [0.15, 0.2) is 5.65 Å². The van der Waals surface area contributed by atoms with Gasteiger partial charge in [0.05, 0.1) is 18.4 Å². The van der Waals surface area contributed by atoms with Crippen LogP contribution in [0.1, 0.15) is 16.7 Å². The predicted molar refractivity (Wildman–Crippen MR) is 103 cm³/mol. The normalized spacial score (nSPS) is 11.2. The number of aryl methyl sites for hydroxylation is 2. The van der Waals surface area contributed by atoms with Gasteiger partial charge in [-0.2, -0.15) is 5.10 Å². The van der Waals surface area contributed by atoms with Gasteiger partial charge in [0.25, 0.3) is 5.56 Å². The second-order valence-electron chi connectivity index (χ2n) is 6.38. The molecule has 0 amide bonds. The molecule has 0 atom stereocenters. The molecule has 5 nitrogen and oxygen atoms in total. The van der Waals surface area contributed by atoms with Crippen LogP contribution in [0.5, 0.6) is 0 Å². The van der Waals surface area contributed by atoms with Crippen LogP contribution in [0.3, 0.4) is 0 Å². The summed E-state index contributed by atoms with van der Waals surface area (Å²) in [7, 11) is 0. The summed E-state index contributed by atoms with van der Waals surface area (Å²) in [6.07, 6.45) is 3.14. The SMILES string of the molecule is Cc1ccc(C)c(Cn2cnc3c(cnn3-c3cccc(Cl)c3)c2=O)c1. The summed E-state index contributed by atoms with van der Waals surface area (Å²) < 4.78 is 3.25. The van der Waals surface area contributed by atoms with Crippen LogP contribution in [-0.4, -0.2) is 19.3 Å². The molecule has 26 heavy (non-hydrogen) atoms. The Morgan fingerprint density at radius 2 is 1.96 bits per heavy atom. The van der Waals surface area contributed by atoms with E-state index in [1.165, 1.54) is 5.56 Å². The molecule has 0 bridgehead atoms. The topological polar surface area (TPSA) is 52.7 Å². The first-order valence-electron chi connectivity index (χ1n) is 8.28. The van der Waals surface area contributed by atoms with Gasteiger partial charge in [-0.15, -0.1) is 0 Å². The molecule has 2 aromatic heterocycles. The van der Waals surface area contributed by atoms with Gasteiger partial charge in [0.1, 0.15) is 11.7 Å². The van der Waals surface area contributed by atoms with Crippen molar-refractivity contribution in [3.63, 3.8) is 0 Å². The van der Waals surface area contributed by atoms with E-state index in [4.69, 9.17) is 11.6 Å². The molecule has 0 aliphatic rings. The fourth-order valence-electron chi connectivity index (χ4n) is 3.01. The molecule has 0 saturated carbocycles. The van der Waals surface area contributed by atoms with E-state index in [9.17, 15) is 4.79 Å². The highest BCUT2D eigenvalue weighted by molar-refractivity contribution is 6.30. The summed E-state index contributed by atoms with van der Waals surface area (Å²) in [6.45, 7) is 4.57. The van der Waals surface area contributed by atoms with Crippen molar-refractivity contribution >= 4 is 22.6 Å². The van der Waals surface area contributed by atoms with Crippen molar-refractivity contribution in [2.24, 2.45) is 0 Å². The molecule has 0 radical (unpaired) electrons. The molecular formula is C20H17ClN4O. The Balaban J connectivity index is 1.79. The largest absolute Gasteiger partial charge is 0.294 e. The van der Waals surface area contributed by atoms with Gasteiger partial charge in [-0.05, 0) is 43.2 Å². The van der Waals surface area contributed by atoms with Gasteiger partial charge in [0, 0.05) is 5.02 Å². The summed E-state index contributed by atoms with van der Waals surface area (Å²) in [5.74, 6) is 0. The van der Waals surface area contributed by atoms with Crippen molar-refractivity contribution in [3.05, 3.63) is 87.1 Å². The minimum atomic E-state index is -0.107. The van der Waals surface area contributed by atoms with Crippen LogP contribution < -0.4 is 5.56 Å². The Labute approximate surface area is 155 Å². The molecule has 0 fully saturated rings. The van der Waals surface area contributed by atoms with E-state index < -0.39 is 0 Å². The number of hydrogen-bond donors (Lipinski definition) is 0. The van der Waals surface area contributed by atoms with Gasteiger partial charge in [-0.25, -0.2) is 9.67 Å². The molecular weight excluding hydrogens is 348 g/mol. The van der Waals surface area contributed by atoms with Crippen molar-refractivity contribution in [1.29, 1.82) is 0 Å². The summed E-state index contributed by atoms with van der Waals surface area (Å²) >= 11 is 6.06. The molecule has 0 unspecified atom stereocenters. The molecule has 0 aliphatic carbocycles. The summed E-state index contributed by atoms with van der Waals surface area (Å²) in [5, 5.41) is 5.42. The molecule has 4 aromatic rings. The molecule has 0 aliphatic heterocycles. The van der Waals surface area contributed by atoms with Gasteiger partial charge < -0.3 is 0 Å². The van der Waals surface area contributed by atoms with Crippen molar-refractivity contribution in [1.82, 2.24) is 19.3 Å². The lowest BCUT2D eigenvalue weighted by molar-refractivity contribution is 0.741. The second kappa shape index (κ2) is 6.42. The Bertz CT molecular complexity index is 1180. The zero-order chi connectivity index (χ0) is 18.3. The van der Waals surface area contributed by atoms with E-state index >= 15 is 0 Å². The standard InChI is InChI=1S/C20H17ClN4O/c1-13-6-7-14(2)15(8-13)11-24-12-22-19-18(20(24)26)10-23-25(19)17-5-3-4-16(21)9-17/h3-10,12H,11H2,1-2H3. The summed E-state index contributed by atoms with van der Waals surface area (Å²) in [5.41, 5.74) is 4.61. The summed E-state index contributed by atoms with van der Waals surface area (Å²) in [4.78, 5) is 17.4. The van der Waals surface area contributed by atoms with Crippen LogP contribution in [0.2, 0.25) is 5.02 Å². The van der Waals surface area contributed by atoms with E-state index in [1.54, 1.807) is 33.9 Å². The van der Waals surface area contributed by atoms with E-state index in [2.05, 4.69) is 28.3 Å². The average Bonchev–Trinajstić information content (AvgIpc) is 3.05. The maximum absolute atomic E-state index is 12.9. The highest BCUT2D eigenvalue weighted by atomic mass is 35.5. The molecule has 2 aromatic carbocycles. The third kappa shape index (κ3) is 2.91. The molecule has 0 spiro atoms. The molecule has 2 heterocycles. The summed E-state index contributed by atoms with van der Waals surface area (Å²) in [6, 6.07) is 13.5. The Kier molecular flexibility index (Phi) is 4.09. The highest BCUT2D eigenvalue weighted by Crippen LogP contribution is 2.18. The Hall–Kier alpha value is -2.92. The van der Waals surface area contributed by atoms with Crippen LogP contribution in [0.25, 0.3) is 16.7 Å². The first-order valence-corrected chi connectivity index (χ1v) is 8.66. The van der Waals surface area contributed by atoms with E-state index in [-0.39, 0.29) is 5.56 Å². The zero-order valence-corrected chi connectivity index (χ0v) is 15.2. The number of fused-ring (bicyclic) bond motifs is 1. The predicted octanol–water partition coefficient (Wildman–Crippen LogP) is 3.90. The number of benzene rings is 2. The highest BCUT2D eigenvalue weighted by Gasteiger charge is 2.12. The van der Waals surface area contributed by atoms with Crippen molar-refractivity contribution in [2.45, 2.75) is 20.4 Å². The van der Waals surface area contributed by atoms with E-state index in [1.807, 2.05) is 26.0 Å². The maximum Gasteiger partial charge on any atom is 0.264 e. The smallest absolute Gasteiger partial charge is 0.264 e. The van der Waals surface area contributed by atoms with Crippen LogP contribution in [0.4, 0.5) is 0 Å². The van der Waals surface area contributed by atoms with Crippen molar-refractivity contribution in [3.8, 4) is 5.69 Å². The van der Waals surface area contributed by atoms with Crippen molar-refractivity contribution in [2.75, 3.05) is 0 Å². The van der Waals surface area contributed by atoms with Gasteiger partial charge in [-0.3, -0.25) is 9.36 Å². The molecule has 4 rings (SSSR count). The minimum absolute atomic E-state index is 0.107. The van der Waals surface area contributed by atoms with Gasteiger partial charge >= 0.3 is 0 Å². The fraction of sp³-hybridized carbons (Fsp3) is 0.150. The van der Waals surface area contributed by atoms with Crippen molar-refractivity contribution < 1.29 is 0 Å². The molecule has 0 saturated heterocycles. The average molecular weight is 365 g/mol. The first-order chi connectivity index (χ1) is 12.5. The lowest BCUT2D eigenvalue weighted by Gasteiger charge is -2.10. The van der Waals surface area contributed by atoms with Crippen LogP contribution in [0, 0.1) is 13.8 Å². The fourth-order valence-corrected chi connectivity index (χ4v) is 3.20. The van der Waals surface area contributed by atoms with Crippen LogP contribution >= 0.6 is 11.6 Å². The third-order valence-corrected chi connectivity index (χ3v) is 4.69. The minimum Gasteiger partial charge on any atom is -0.294 e. The van der Waals surface area contributed by atoms with Gasteiger partial charge in [-0.1, -0.05) is 41.4 Å². The lowest BCUT2D eigenvalue weighted by atomic mass is 10.1. The zero-order valence-electron chi connectivity index (χ0n) is 14.5. The first kappa shape index (κ1) is 16.5. The number of aromatic nitrogens is 4. The molecule has 130 valence electrons. The van der Waals surface area contributed by atoms with E-state index in [0.29, 0.717) is 22.6 Å². The second-order valence-corrected chi connectivity index (χ2v) is 6.82. The maximum atomic E-state index is 12.9.